The molecule has 1 aliphatic heterocycles. The monoisotopic (exact) mass is 524 g/mol. The van der Waals surface area contributed by atoms with Crippen LogP contribution >= 0.6 is 0 Å². The van der Waals surface area contributed by atoms with Gasteiger partial charge in [-0.05, 0) is 61.9 Å². The van der Waals surface area contributed by atoms with Crippen LogP contribution in [-0.2, 0) is 11.3 Å². The second kappa shape index (κ2) is 11.3. The van der Waals surface area contributed by atoms with Crippen molar-refractivity contribution in [3.05, 3.63) is 113 Å². The molecule has 8 heteroatoms. The van der Waals surface area contributed by atoms with Crippen molar-refractivity contribution in [3.8, 4) is 11.5 Å². The van der Waals surface area contributed by atoms with Gasteiger partial charge in [0.15, 0.2) is 24.8 Å². The van der Waals surface area contributed by atoms with Crippen LogP contribution in [0.5, 0.6) is 11.5 Å². The molecule has 3 aromatic carbocycles. The summed E-state index contributed by atoms with van der Waals surface area (Å²) < 4.78 is 17.0. The van der Waals surface area contributed by atoms with E-state index in [4.69, 9.17) is 13.9 Å². The standard InChI is InChI=1S/C31H28N2O6/c1-20-8-11-24(12-9-20)37-18-27(34)23-10-14-28-26(16-23)33(30(35)19-38-28)17-25-13-15-29(39-25)31(36)32-21(2)22-6-4-3-5-7-22/h3-16,21H,17-19H2,1-2H3,(H,32,36). The molecule has 39 heavy (non-hydrogen) atoms. The van der Waals surface area contributed by atoms with Crippen LogP contribution in [0.15, 0.2) is 89.3 Å². The molecule has 0 aliphatic carbocycles. The molecule has 2 amide bonds. The Bertz CT molecular complexity index is 1490. The molecule has 0 bridgehead atoms. The minimum atomic E-state index is -0.354. The first-order valence-electron chi connectivity index (χ1n) is 12.6. The summed E-state index contributed by atoms with van der Waals surface area (Å²) in [6.45, 7) is 3.66. The zero-order valence-electron chi connectivity index (χ0n) is 21.7. The molecule has 2 heterocycles. The average molecular weight is 525 g/mol. The van der Waals surface area contributed by atoms with Crippen LogP contribution in [-0.4, -0.2) is 30.8 Å². The molecule has 0 spiro atoms. The number of ether oxygens (including phenoxy) is 2. The molecule has 0 saturated heterocycles. The molecule has 1 aliphatic rings. The van der Waals surface area contributed by atoms with E-state index in [1.807, 2.05) is 68.4 Å². The smallest absolute Gasteiger partial charge is 0.287 e. The number of fused-ring (bicyclic) bond motifs is 1. The van der Waals surface area contributed by atoms with Gasteiger partial charge in [-0.1, -0.05) is 48.0 Å². The van der Waals surface area contributed by atoms with Gasteiger partial charge in [0.05, 0.1) is 18.3 Å². The second-order valence-electron chi connectivity index (χ2n) is 9.35. The van der Waals surface area contributed by atoms with Gasteiger partial charge in [0, 0.05) is 5.56 Å². The summed E-state index contributed by atoms with van der Waals surface area (Å²) in [7, 11) is 0. The van der Waals surface area contributed by atoms with E-state index in [1.54, 1.807) is 30.3 Å². The highest BCUT2D eigenvalue weighted by atomic mass is 16.5. The number of Topliss-reactive ketones (excluding diaryl/α,β-unsaturated/α-hetero) is 1. The number of benzene rings is 3. The number of furan rings is 1. The van der Waals surface area contributed by atoms with Gasteiger partial charge in [-0.2, -0.15) is 0 Å². The van der Waals surface area contributed by atoms with Gasteiger partial charge in [-0.25, -0.2) is 0 Å². The van der Waals surface area contributed by atoms with Gasteiger partial charge in [0.1, 0.15) is 17.3 Å². The van der Waals surface area contributed by atoms with E-state index in [0.29, 0.717) is 28.5 Å². The Labute approximate surface area is 226 Å². The maximum absolute atomic E-state index is 12.9. The van der Waals surface area contributed by atoms with Crippen LogP contribution in [0.4, 0.5) is 5.69 Å². The molecule has 4 aromatic rings. The third kappa shape index (κ3) is 6.01. The summed E-state index contributed by atoms with van der Waals surface area (Å²) in [5.41, 5.74) is 2.91. The van der Waals surface area contributed by atoms with Gasteiger partial charge >= 0.3 is 0 Å². The van der Waals surface area contributed by atoms with E-state index in [9.17, 15) is 14.4 Å². The van der Waals surface area contributed by atoms with Gasteiger partial charge < -0.3 is 19.2 Å². The summed E-state index contributed by atoms with van der Waals surface area (Å²) in [4.78, 5) is 39.9. The van der Waals surface area contributed by atoms with Crippen LogP contribution in [0.2, 0.25) is 0 Å². The largest absolute Gasteiger partial charge is 0.485 e. The topological polar surface area (TPSA) is 98.1 Å². The number of nitrogens with zero attached hydrogens (tertiary/aromatic N) is 1. The molecule has 1 N–H and O–H groups in total. The van der Waals surface area contributed by atoms with E-state index < -0.39 is 0 Å². The second-order valence-corrected chi connectivity index (χ2v) is 9.35. The molecule has 198 valence electrons. The van der Waals surface area contributed by atoms with Crippen LogP contribution < -0.4 is 19.7 Å². The number of anilines is 1. The average Bonchev–Trinajstić information content (AvgIpc) is 3.43. The first-order valence-corrected chi connectivity index (χ1v) is 12.6. The molecular formula is C31H28N2O6. The number of ketones is 1. The zero-order valence-corrected chi connectivity index (χ0v) is 21.7. The number of hydrogen-bond acceptors (Lipinski definition) is 6. The van der Waals surface area contributed by atoms with Crippen molar-refractivity contribution in [3.63, 3.8) is 0 Å². The number of hydrogen-bond donors (Lipinski definition) is 1. The zero-order chi connectivity index (χ0) is 27.4. The molecule has 0 fully saturated rings. The third-order valence-corrected chi connectivity index (χ3v) is 6.46. The summed E-state index contributed by atoms with van der Waals surface area (Å²) in [6, 6.07) is 25.0. The maximum Gasteiger partial charge on any atom is 0.287 e. The van der Waals surface area contributed by atoms with Crippen molar-refractivity contribution in [2.24, 2.45) is 0 Å². The Morgan fingerprint density at radius 2 is 1.77 bits per heavy atom. The Morgan fingerprint density at radius 1 is 1.00 bits per heavy atom. The predicted octanol–water partition coefficient (Wildman–Crippen LogP) is 5.27. The Kier molecular flexibility index (Phi) is 7.45. The molecule has 1 aromatic heterocycles. The Balaban J connectivity index is 1.27. The summed E-state index contributed by atoms with van der Waals surface area (Å²) in [5.74, 6) is 0.769. The molecule has 8 nitrogen and oxygen atoms in total. The molecule has 1 unspecified atom stereocenters. The minimum absolute atomic E-state index is 0.0776. The lowest BCUT2D eigenvalue weighted by atomic mass is 10.1. The molecule has 0 radical (unpaired) electrons. The summed E-state index contributed by atoms with van der Waals surface area (Å²) >= 11 is 0. The predicted molar refractivity (Wildman–Crippen MR) is 145 cm³/mol. The van der Waals surface area contributed by atoms with Gasteiger partial charge in [0.2, 0.25) is 0 Å². The molecule has 0 saturated carbocycles. The number of nitrogens with one attached hydrogen (secondary N) is 1. The van der Waals surface area contributed by atoms with E-state index in [2.05, 4.69) is 5.32 Å². The quantitative estimate of drug-likeness (QED) is 0.300. The number of carbonyl (C=O) groups is 3. The van der Waals surface area contributed by atoms with Crippen molar-refractivity contribution in [1.29, 1.82) is 0 Å². The fraction of sp³-hybridized carbons (Fsp3) is 0.194. The minimum Gasteiger partial charge on any atom is -0.485 e. The maximum atomic E-state index is 12.9. The fourth-order valence-electron chi connectivity index (χ4n) is 4.25. The Morgan fingerprint density at radius 3 is 2.54 bits per heavy atom. The van der Waals surface area contributed by atoms with E-state index in [-0.39, 0.29) is 49.2 Å². The van der Waals surface area contributed by atoms with Crippen molar-refractivity contribution >= 4 is 23.3 Å². The number of rotatable bonds is 9. The molecule has 1 atom stereocenters. The highest BCUT2D eigenvalue weighted by molar-refractivity contribution is 6.02. The summed E-state index contributed by atoms with van der Waals surface area (Å²) in [6.07, 6.45) is 0. The van der Waals surface area contributed by atoms with Crippen molar-refractivity contribution in [2.75, 3.05) is 18.1 Å². The van der Waals surface area contributed by atoms with Gasteiger partial charge in [-0.3, -0.25) is 19.3 Å². The van der Waals surface area contributed by atoms with E-state index in [0.717, 1.165) is 11.1 Å². The Hall–Kier alpha value is -4.85. The first-order chi connectivity index (χ1) is 18.9. The van der Waals surface area contributed by atoms with Crippen LogP contribution in [0.1, 0.15) is 50.8 Å². The van der Waals surface area contributed by atoms with E-state index >= 15 is 0 Å². The summed E-state index contributed by atoms with van der Waals surface area (Å²) in [5, 5.41) is 2.92. The normalized spacial score (nSPS) is 13.3. The van der Waals surface area contributed by atoms with Crippen molar-refractivity contribution in [1.82, 2.24) is 5.32 Å². The van der Waals surface area contributed by atoms with Crippen LogP contribution in [0.3, 0.4) is 0 Å². The lowest BCUT2D eigenvalue weighted by Gasteiger charge is -2.29. The molecular weight excluding hydrogens is 496 g/mol. The van der Waals surface area contributed by atoms with Crippen LogP contribution in [0, 0.1) is 6.92 Å². The SMILES string of the molecule is Cc1ccc(OCC(=O)c2ccc3c(c2)N(Cc2ccc(C(=O)NC(C)c4ccccc4)o2)C(=O)CO3)cc1. The van der Waals surface area contributed by atoms with Crippen molar-refractivity contribution < 1.29 is 28.3 Å². The van der Waals surface area contributed by atoms with Crippen molar-refractivity contribution in [2.45, 2.75) is 26.4 Å². The first kappa shape index (κ1) is 25.8. The third-order valence-electron chi connectivity index (χ3n) is 6.46. The number of carbonyl (C=O) groups excluding carboxylic acids is 3. The lowest BCUT2D eigenvalue weighted by molar-refractivity contribution is -0.121. The molecule has 5 rings (SSSR count). The number of amides is 2. The van der Waals surface area contributed by atoms with E-state index in [1.165, 1.54) is 4.90 Å². The lowest BCUT2D eigenvalue weighted by Crippen LogP contribution is -2.38. The highest BCUT2D eigenvalue weighted by Gasteiger charge is 2.28. The fourth-order valence-corrected chi connectivity index (χ4v) is 4.25. The van der Waals surface area contributed by atoms with Gasteiger partial charge in [-0.15, -0.1) is 0 Å². The highest BCUT2D eigenvalue weighted by Crippen LogP contribution is 2.34. The number of aryl methyl sites for hydroxylation is 1. The van der Waals surface area contributed by atoms with Crippen LogP contribution in [0.25, 0.3) is 0 Å². The van der Waals surface area contributed by atoms with Gasteiger partial charge in [0.25, 0.3) is 11.8 Å².